The van der Waals surface area contributed by atoms with E-state index >= 15 is 0 Å². The number of benzene rings is 1. The van der Waals surface area contributed by atoms with Crippen LogP contribution in [0.25, 0.3) is 12.2 Å². The lowest BCUT2D eigenvalue weighted by molar-refractivity contribution is 0.0589. The van der Waals surface area contributed by atoms with Gasteiger partial charge in [0.25, 0.3) is 0 Å². The molecule has 1 amide bonds. The Balaban J connectivity index is 1.88. The molecule has 1 aromatic carbocycles. The first-order valence-corrected chi connectivity index (χ1v) is 9.67. The van der Waals surface area contributed by atoms with Crippen LogP contribution in [0, 0.1) is 0 Å². The second-order valence-electron chi connectivity index (χ2n) is 7.45. The summed E-state index contributed by atoms with van der Waals surface area (Å²) >= 11 is 0. The van der Waals surface area contributed by atoms with Gasteiger partial charge in [-0.2, -0.15) is 0 Å². The van der Waals surface area contributed by atoms with Crippen LogP contribution in [0.4, 0.5) is 10.5 Å². The minimum Gasteiger partial charge on any atom is -0.461 e. The number of carbonyl (C=O) groups is 1. The predicted octanol–water partition coefficient (Wildman–Crippen LogP) is 3.41. The third-order valence-electron chi connectivity index (χ3n) is 3.76. The Hall–Kier alpha value is -2.97. The average molecular weight is 415 g/mol. The molecule has 0 unspecified atom stereocenters. The van der Waals surface area contributed by atoms with Gasteiger partial charge in [-0.15, -0.1) is 0 Å². The van der Waals surface area contributed by atoms with E-state index in [4.69, 9.17) is 19.3 Å². The van der Waals surface area contributed by atoms with Crippen LogP contribution in [0.1, 0.15) is 31.9 Å². The molecule has 0 fully saturated rings. The first-order chi connectivity index (χ1) is 14.3. The van der Waals surface area contributed by atoms with E-state index < -0.39 is 11.7 Å². The Morgan fingerprint density at radius 3 is 2.27 bits per heavy atom. The first kappa shape index (κ1) is 23.3. The minimum absolute atomic E-state index is 0.0132. The summed E-state index contributed by atoms with van der Waals surface area (Å²) in [7, 11) is 1.68. The molecule has 0 radical (unpaired) electrons. The number of rotatable bonds is 9. The van der Waals surface area contributed by atoms with Crippen LogP contribution in [0.2, 0.25) is 0 Å². The quantitative estimate of drug-likeness (QED) is 0.627. The summed E-state index contributed by atoms with van der Waals surface area (Å²) in [6.07, 6.45) is 6.75. The first-order valence-electron chi connectivity index (χ1n) is 9.67. The average Bonchev–Trinajstić information content (AvgIpc) is 2.71. The van der Waals surface area contributed by atoms with Crippen molar-refractivity contribution in [1.82, 2.24) is 9.97 Å². The number of aromatic nitrogens is 2. The molecule has 2 rings (SSSR count). The van der Waals surface area contributed by atoms with E-state index in [2.05, 4.69) is 9.97 Å². The minimum atomic E-state index is -0.537. The Morgan fingerprint density at radius 1 is 1.03 bits per heavy atom. The molecule has 0 saturated heterocycles. The van der Waals surface area contributed by atoms with Crippen LogP contribution >= 0.6 is 0 Å². The molecule has 30 heavy (non-hydrogen) atoms. The topological polar surface area (TPSA) is 94.0 Å². The molecule has 0 spiro atoms. The zero-order valence-corrected chi connectivity index (χ0v) is 17.9. The van der Waals surface area contributed by atoms with Crippen molar-refractivity contribution in [1.29, 1.82) is 0 Å². The Labute approximate surface area is 177 Å². The number of hydrogen-bond acceptors (Lipinski definition) is 7. The van der Waals surface area contributed by atoms with Crippen LogP contribution in [0.15, 0.2) is 36.7 Å². The van der Waals surface area contributed by atoms with E-state index in [1.165, 1.54) is 4.90 Å². The van der Waals surface area contributed by atoms with Gasteiger partial charge in [-0.1, -0.05) is 24.3 Å². The molecule has 8 nitrogen and oxygen atoms in total. The van der Waals surface area contributed by atoms with Gasteiger partial charge in [-0.25, -0.2) is 14.8 Å². The maximum Gasteiger partial charge on any atom is 0.414 e. The standard InChI is InChI=1S/C22H29N3O5/c1-22(2,3)30-21(27)25(4)19-9-7-17(8-10-19)5-6-18-15-23-20(24-16-18)29-14-13-28-12-11-26/h5-10,15-16,26H,11-14H2,1-4H3/b6-5+. The van der Waals surface area contributed by atoms with Gasteiger partial charge < -0.3 is 19.3 Å². The van der Waals surface area contributed by atoms with E-state index in [0.29, 0.717) is 13.2 Å². The molecule has 1 N–H and O–H groups in total. The summed E-state index contributed by atoms with van der Waals surface area (Å²) in [6.45, 7) is 6.46. The lowest BCUT2D eigenvalue weighted by Gasteiger charge is -2.24. The monoisotopic (exact) mass is 415 g/mol. The van der Waals surface area contributed by atoms with Crippen molar-refractivity contribution in [2.24, 2.45) is 0 Å². The highest BCUT2D eigenvalue weighted by atomic mass is 16.6. The number of aliphatic hydroxyl groups is 1. The zero-order chi connectivity index (χ0) is 22.0. The van der Waals surface area contributed by atoms with Gasteiger partial charge in [0.2, 0.25) is 0 Å². The summed E-state index contributed by atoms with van der Waals surface area (Å²) in [5, 5.41) is 8.62. The number of aliphatic hydroxyl groups excluding tert-OH is 1. The van der Waals surface area contributed by atoms with Crippen molar-refractivity contribution < 1.29 is 24.1 Å². The lowest BCUT2D eigenvalue weighted by Crippen LogP contribution is -2.34. The number of anilines is 1. The second-order valence-corrected chi connectivity index (χ2v) is 7.45. The largest absolute Gasteiger partial charge is 0.461 e. The smallest absolute Gasteiger partial charge is 0.414 e. The van der Waals surface area contributed by atoms with E-state index in [1.807, 2.05) is 57.2 Å². The molecule has 0 bridgehead atoms. The molecule has 0 saturated carbocycles. The number of carbonyl (C=O) groups excluding carboxylic acids is 1. The molecule has 0 aliphatic rings. The van der Waals surface area contributed by atoms with Crippen molar-refractivity contribution in [3.8, 4) is 6.01 Å². The van der Waals surface area contributed by atoms with Crippen molar-refractivity contribution >= 4 is 23.9 Å². The third kappa shape index (κ3) is 8.18. The van der Waals surface area contributed by atoms with Crippen LogP contribution in [0.5, 0.6) is 6.01 Å². The third-order valence-corrected chi connectivity index (χ3v) is 3.76. The SMILES string of the molecule is CN(C(=O)OC(C)(C)C)c1ccc(/C=C/c2cnc(OCCOCCO)nc2)cc1. The maximum absolute atomic E-state index is 12.1. The van der Waals surface area contributed by atoms with Crippen molar-refractivity contribution in [2.75, 3.05) is 38.4 Å². The van der Waals surface area contributed by atoms with Crippen molar-refractivity contribution in [3.05, 3.63) is 47.8 Å². The van der Waals surface area contributed by atoms with Crippen molar-refractivity contribution in [3.63, 3.8) is 0 Å². The van der Waals surface area contributed by atoms with Gasteiger partial charge in [0.05, 0.1) is 19.8 Å². The maximum atomic E-state index is 12.1. The van der Waals surface area contributed by atoms with Crippen LogP contribution in [-0.2, 0) is 9.47 Å². The molecular formula is C22H29N3O5. The van der Waals surface area contributed by atoms with E-state index in [1.54, 1.807) is 19.4 Å². The van der Waals surface area contributed by atoms with Crippen LogP contribution in [-0.4, -0.2) is 60.2 Å². The molecule has 0 atom stereocenters. The fourth-order valence-electron chi connectivity index (χ4n) is 2.28. The van der Waals surface area contributed by atoms with Crippen LogP contribution < -0.4 is 9.64 Å². The van der Waals surface area contributed by atoms with Gasteiger partial charge in [-0.05, 0) is 38.5 Å². The molecule has 8 heteroatoms. The molecule has 1 aromatic heterocycles. The highest BCUT2D eigenvalue weighted by Crippen LogP contribution is 2.18. The highest BCUT2D eigenvalue weighted by molar-refractivity contribution is 5.87. The van der Waals surface area contributed by atoms with E-state index in [0.717, 1.165) is 16.8 Å². The fourth-order valence-corrected chi connectivity index (χ4v) is 2.28. The number of nitrogens with zero attached hydrogens (tertiary/aromatic N) is 3. The molecule has 2 aromatic rings. The summed E-state index contributed by atoms with van der Waals surface area (Å²) in [5.74, 6) is 0. The predicted molar refractivity (Wildman–Crippen MR) is 115 cm³/mol. The van der Waals surface area contributed by atoms with Gasteiger partial charge in [0, 0.05) is 30.7 Å². The normalized spacial score (nSPS) is 11.5. The molecular weight excluding hydrogens is 386 g/mol. The summed E-state index contributed by atoms with van der Waals surface area (Å²) in [6, 6.07) is 7.81. The molecule has 1 heterocycles. The molecule has 162 valence electrons. The number of ether oxygens (including phenoxy) is 3. The van der Waals surface area contributed by atoms with Crippen molar-refractivity contribution in [2.45, 2.75) is 26.4 Å². The fraction of sp³-hybridized carbons (Fsp3) is 0.409. The van der Waals surface area contributed by atoms with Gasteiger partial charge in [-0.3, -0.25) is 4.90 Å². The summed E-state index contributed by atoms with van der Waals surface area (Å²) in [4.78, 5) is 21.9. The number of amides is 1. The van der Waals surface area contributed by atoms with Gasteiger partial charge in [0.1, 0.15) is 12.2 Å². The zero-order valence-electron chi connectivity index (χ0n) is 17.9. The lowest BCUT2D eigenvalue weighted by atomic mass is 10.1. The van der Waals surface area contributed by atoms with Crippen LogP contribution in [0.3, 0.4) is 0 Å². The second kappa shape index (κ2) is 11.3. The summed E-state index contributed by atoms with van der Waals surface area (Å²) < 4.78 is 15.8. The Bertz CT molecular complexity index is 814. The molecule has 0 aliphatic heterocycles. The summed E-state index contributed by atoms with van der Waals surface area (Å²) in [5.41, 5.74) is 2.01. The Kier molecular flexibility index (Phi) is 8.76. The van der Waals surface area contributed by atoms with Gasteiger partial charge in [0.15, 0.2) is 0 Å². The Morgan fingerprint density at radius 2 is 1.67 bits per heavy atom. The highest BCUT2D eigenvalue weighted by Gasteiger charge is 2.20. The van der Waals surface area contributed by atoms with E-state index in [-0.39, 0.29) is 19.2 Å². The molecule has 0 aliphatic carbocycles. The van der Waals surface area contributed by atoms with E-state index in [9.17, 15) is 4.79 Å². The number of hydrogen-bond donors (Lipinski definition) is 1. The van der Waals surface area contributed by atoms with Gasteiger partial charge >= 0.3 is 12.1 Å².